The summed E-state index contributed by atoms with van der Waals surface area (Å²) >= 11 is 0. The maximum Gasteiger partial charge on any atom is 0.124 e. The van der Waals surface area contributed by atoms with Crippen molar-refractivity contribution in [3.63, 3.8) is 0 Å². The zero-order chi connectivity index (χ0) is 60.9. The maximum absolute atomic E-state index is 10.4. The van der Waals surface area contributed by atoms with Crippen LogP contribution in [-0.2, 0) is 0 Å². The monoisotopic (exact) mass is 1190 g/mol. The minimum atomic E-state index is -0.852. The van der Waals surface area contributed by atoms with E-state index in [-0.39, 0.29) is 23.0 Å². The number of benzene rings is 16. The molecule has 4 N–H and O–H groups in total. The molecule has 16 aromatic carbocycles. The Kier molecular flexibility index (Phi) is 16.1. The van der Waals surface area contributed by atoms with Crippen LogP contribution in [0.25, 0.3) is 98.0 Å². The Hall–Kier alpha value is -10.9. The lowest BCUT2D eigenvalue weighted by Gasteiger charge is -2.28. The van der Waals surface area contributed by atoms with E-state index in [1.54, 1.807) is 24.3 Å². The zero-order valence-corrected chi connectivity index (χ0v) is 50.8. The molecule has 16 rings (SSSR count). The Labute approximate surface area is 525 Å². The summed E-state index contributed by atoms with van der Waals surface area (Å²) in [7, 11) is -1.70. The smallest absolute Gasteiger partial charge is 0.124 e. The van der Waals surface area contributed by atoms with Crippen LogP contribution < -0.4 is 31.8 Å². The van der Waals surface area contributed by atoms with Gasteiger partial charge in [-0.25, -0.2) is 0 Å². The number of rotatable bonds is 9. The predicted molar refractivity (Wildman–Crippen MR) is 385 cm³/mol. The average molecular weight is 1200 g/mol. The Morgan fingerprint density at radius 2 is 0.333 bits per heavy atom. The first-order valence-electron chi connectivity index (χ1n) is 30.1. The summed E-state index contributed by atoms with van der Waals surface area (Å²) in [4.78, 5) is 0. The van der Waals surface area contributed by atoms with Crippen LogP contribution in [0.4, 0.5) is 0 Å². The van der Waals surface area contributed by atoms with E-state index >= 15 is 0 Å². The second-order valence-electron chi connectivity index (χ2n) is 22.1. The largest absolute Gasteiger partial charge is 0.507 e. The fourth-order valence-corrected chi connectivity index (χ4v) is 17.6. The molecule has 0 radical (unpaired) electrons. The van der Waals surface area contributed by atoms with Gasteiger partial charge in [-0.2, -0.15) is 0 Å². The Morgan fingerprint density at radius 1 is 0.156 bits per heavy atom. The molecule has 0 aromatic heterocycles. The van der Waals surface area contributed by atoms with E-state index < -0.39 is 15.8 Å². The van der Waals surface area contributed by atoms with Gasteiger partial charge in [0.2, 0.25) is 0 Å². The molecule has 0 aliphatic heterocycles. The highest BCUT2D eigenvalue weighted by Crippen LogP contribution is 2.48. The third-order valence-electron chi connectivity index (χ3n) is 16.7. The van der Waals surface area contributed by atoms with Crippen molar-refractivity contribution in [2.24, 2.45) is 0 Å². The molecule has 0 unspecified atom stereocenters. The van der Waals surface area contributed by atoms with Crippen LogP contribution in [0.2, 0.25) is 0 Å². The summed E-state index contributed by atoms with van der Waals surface area (Å²) in [5.41, 5.74) is 5.39. The molecule has 0 aliphatic rings. The van der Waals surface area contributed by atoms with Gasteiger partial charge in [0.1, 0.15) is 23.0 Å². The van der Waals surface area contributed by atoms with Crippen LogP contribution in [0, 0.1) is 0 Å². The van der Waals surface area contributed by atoms with E-state index in [4.69, 9.17) is 0 Å². The molecule has 0 spiro atoms. The van der Waals surface area contributed by atoms with Gasteiger partial charge in [0.25, 0.3) is 0 Å². The predicted octanol–water partition coefficient (Wildman–Crippen LogP) is 19.3. The topological polar surface area (TPSA) is 80.9 Å². The molecule has 0 saturated heterocycles. The molecule has 6 heteroatoms. The second-order valence-corrected chi connectivity index (χ2v) is 26.5. The lowest BCUT2D eigenvalue weighted by Crippen LogP contribution is -2.26. The van der Waals surface area contributed by atoms with E-state index in [1.807, 2.05) is 121 Å². The zero-order valence-electron chi connectivity index (χ0n) is 49.0. The van der Waals surface area contributed by atoms with E-state index in [9.17, 15) is 20.4 Å². The lowest BCUT2D eigenvalue weighted by atomic mass is 9.92. The minimum absolute atomic E-state index is 0.172. The fraction of sp³-hybridized carbons (Fsp3) is 0. The van der Waals surface area contributed by atoms with Gasteiger partial charge in [-0.05, 0) is 148 Å². The normalized spacial score (nSPS) is 11.3. The lowest BCUT2D eigenvalue weighted by molar-refractivity contribution is 0.470. The fourth-order valence-electron chi connectivity index (χ4n) is 12.7. The second kappa shape index (κ2) is 25.5. The highest BCUT2D eigenvalue weighted by atomic mass is 31.1. The number of hydrogen-bond donors (Lipinski definition) is 4. The molecule has 430 valence electrons. The summed E-state index contributed by atoms with van der Waals surface area (Å²) < 4.78 is 0. The number of fused-ring (bicyclic) bond motifs is 6. The Balaban J connectivity index is 0.000000133. The third-order valence-corrected chi connectivity index (χ3v) is 21.7. The summed E-state index contributed by atoms with van der Waals surface area (Å²) in [6.45, 7) is 0. The van der Waals surface area contributed by atoms with Gasteiger partial charge in [0.15, 0.2) is 0 Å². The molecular formula is C84H60O4P2. The SMILES string of the molecule is Oc1ccc2ccccc2c1-c1c(O)ccc2ccccc12.Oc1ccc2ccccc2c1-c1c(O)ccc2ccccc12.c1ccc(P(c2ccccc2)c2ccc3ccccc3c2-c2c(P(c3ccccc3)c3ccccc3)ccc3ccccc23)cc1. The summed E-state index contributed by atoms with van der Waals surface area (Å²) in [5, 5.41) is 62.9. The van der Waals surface area contributed by atoms with E-state index in [2.05, 4.69) is 194 Å². The third kappa shape index (κ3) is 11.1. The molecule has 16 aromatic rings. The van der Waals surface area contributed by atoms with Crippen molar-refractivity contribution in [2.75, 3.05) is 0 Å². The van der Waals surface area contributed by atoms with Crippen molar-refractivity contribution in [3.8, 4) is 56.4 Å². The molecule has 0 fully saturated rings. The van der Waals surface area contributed by atoms with Crippen LogP contribution in [0.3, 0.4) is 0 Å². The molecule has 0 heterocycles. The average Bonchev–Trinajstić information content (AvgIpc) is 0.866. The summed E-state index contributed by atoms with van der Waals surface area (Å²) in [6, 6.07) is 118. The number of aromatic hydroxyl groups is 4. The van der Waals surface area contributed by atoms with Crippen molar-refractivity contribution in [1.29, 1.82) is 0 Å². The summed E-state index contributed by atoms with van der Waals surface area (Å²) in [5.74, 6) is 0.686. The van der Waals surface area contributed by atoms with Crippen LogP contribution >= 0.6 is 15.8 Å². The molecule has 0 saturated carbocycles. The van der Waals surface area contributed by atoms with Crippen molar-refractivity contribution in [1.82, 2.24) is 0 Å². The number of hydrogen-bond acceptors (Lipinski definition) is 4. The molecule has 0 amide bonds. The van der Waals surface area contributed by atoms with Gasteiger partial charge >= 0.3 is 0 Å². The number of phenols is 4. The highest BCUT2D eigenvalue weighted by molar-refractivity contribution is 7.80. The molecule has 4 nitrogen and oxygen atoms in total. The van der Waals surface area contributed by atoms with E-state index in [0.29, 0.717) is 22.3 Å². The van der Waals surface area contributed by atoms with Crippen LogP contribution in [0.1, 0.15) is 0 Å². The quantitative estimate of drug-likeness (QED) is 0.109. The molecule has 0 aliphatic carbocycles. The Bertz CT molecular complexity index is 4680. The van der Waals surface area contributed by atoms with Crippen LogP contribution in [0.5, 0.6) is 23.0 Å². The van der Waals surface area contributed by atoms with Crippen molar-refractivity contribution < 1.29 is 20.4 Å². The first-order valence-corrected chi connectivity index (χ1v) is 32.7. The van der Waals surface area contributed by atoms with Crippen molar-refractivity contribution in [2.45, 2.75) is 0 Å². The maximum atomic E-state index is 10.4. The standard InChI is InChI=1S/C44H32P2.2C20H14O2/c1-5-19-35(20-6-1)45(36-21-7-2-8-22-36)41-31-29-33-17-13-15-27-39(33)43(41)44-40-28-16-14-18-34(40)30-32-42(44)46(37-23-9-3-10-24-37)38-25-11-4-12-26-38;2*21-17-11-9-13-5-1-3-7-15(13)19(17)20-16-8-4-2-6-14(16)10-12-18(20)22/h1-32H;2*1-12,21-22H. The van der Waals surface area contributed by atoms with Gasteiger partial charge in [0.05, 0.1) is 0 Å². The van der Waals surface area contributed by atoms with Gasteiger partial charge in [-0.1, -0.05) is 315 Å². The molecule has 0 atom stereocenters. The van der Waals surface area contributed by atoms with Crippen LogP contribution in [0.15, 0.2) is 340 Å². The van der Waals surface area contributed by atoms with E-state index in [0.717, 1.165) is 43.1 Å². The molecular weight excluding hydrogens is 1130 g/mol. The van der Waals surface area contributed by atoms with Crippen LogP contribution in [-0.4, -0.2) is 20.4 Å². The van der Waals surface area contributed by atoms with Gasteiger partial charge < -0.3 is 20.4 Å². The van der Waals surface area contributed by atoms with Gasteiger partial charge in [-0.15, -0.1) is 0 Å². The van der Waals surface area contributed by atoms with E-state index in [1.165, 1.54) is 64.5 Å². The highest BCUT2D eigenvalue weighted by Gasteiger charge is 2.28. The van der Waals surface area contributed by atoms with Gasteiger partial charge in [-0.3, -0.25) is 0 Å². The van der Waals surface area contributed by atoms with Crippen molar-refractivity contribution in [3.05, 3.63) is 340 Å². The first kappa shape index (κ1) is 56.9. The molecule has 0 bridgehead atoms. The Morgan fingerprint density at radius 3 is 0.556 bits per heavy atom. The summed E-state index contributed by atoms with van der Waals surface area (Å²) in [6.07, 6.45) is 0. The first-order chi connectivity index (χ1) is 44.4. The number of phenolic OH excluding ortho intramolecular Hbond substituents is 4. The minimum Gasteiger partial charge on any atom is -0.507 e. The molecule has 90 heavy (non-hydrogen) atoms. The van der Waals surface area contributed by atoms with Gasteiger partial charge in [0, 0.05) is 22.3 Å². The van der Waals surface area contributed by atoms with Crippen molar-refractivity contribution >= 4 is 112 Å².